The molecule has 4 amide bonds. The Labute approximate surface area is 312 Å². The molecule has 0 atom stereocenters. The van der Waals surface area contributed by atoms with E-state index in [1.165, 1.54) is 9.80 Å². The van der Waals surface area contributed by atoms with Crippen molar-refractivity contribution in [2.24, 2.45) is 10.8 Å². The number of nitrogens with zero attached hydrogens (tertiary/aromatic N) is 2. The number of imide groups is 2. The van der Waals surface area contributed by atoms with Crippen LogP contribution in [0.5, 0.6) is 0 Å². The van der Waals surface area contributed by atoms with E-state index in [0.717, 1.165) is 32.3 Å². The highest BCUT2D eigenvalue weighted by Crippen LogP contribution is 2.47. The number of carbonyl (C=O) groups excluding carboxylic acids is 4. The summed E-state index contributed by atoms with van der Waals surface area (Å²) >= 11 is 0. The number of aliphatic hydroxyl groups excluding tert-OH is 2. The fraction of sp³-hybridized carbons (Fsp3) is 0.429. The standard InChI is InChI=1S/C42H46N2O10/c1-51-17-13-41(23-45,14-18-52-2)21-43-37(47)29-9-5-25-27-7-11-31-36-32(12-8-28(34(27)36)26-6-10-30(38(43)48)35(29)33(25)26)40(50)44(39(31)49)22-42(24-46,15-19-53-3)16-20-54-4/h5-12,45-46H,13-24H2,1-4H3. The van der Waals surface area contributed by atoms with Gasteiger partial charge < -0.3 is 29.2 Å². The Balaban J connectivity index is 1.34. The number of aliphatic hydroxyl groups is 2. The molecule has 7 rings (SSSR count). The summed E-state index contributed by atoms with van der Waals surface area (Å²) in [6.07, 6.45) is 1.71. The lowest BCUT2D eigenvalue weighted by Crippen LogP contribution is -2.49. The Morgan fingerprint density at radius 2 is 0.704 bits per heavy atom. The van der Waals surface area contributed by atoms with Gasteiger partial charge in [0.1, 0.15) is 0 Å². The third-order valence-corrected chi connectivity index (χ3v) is 11.8. The number of fused-ring (bicyclic) bond motifs is 2. The van der Waals surface area contributed by atoms with Gasteiger partial charge in [0, 0.05) is 112 Å². The minimum absolute atomic E-state index is 0.00325. The summed E-state index contributed by atoms with van der Waals surface area (Å²) in [5.74, 6) is -1.76. The van der Waals surface area contributed by atoms with Gasteiger partial charge in [0.15, 0.2) is 0 Å². The molecule has 2 heterocycles. The molecule has 284 valence electrons. The number of amides is 4. The third kappa shape index (κ3) is 5.92. The minimum Gasteiger partial charge on any atom is -0.396 e. The smallest absolute Gasteiger partial charge is 0.261 e. The highest BCUT2D eigenvalue weighted by atomic mass is 16.5. The molecule has 5 aromatic carbocycles. The summed E-state index contributed by atoms with van der Waals surface area (Å²) in [6.45, 7) is 0.865. The number of ether oxygens (including phenoxy) is 4. The number of hydrogen-bond donors (Lipinski definition) is 2. The fourth-order valence-electron chi connectivity index (χ4n) is 8.58. The van der Waals surface area contributed by atoms with Gasteiger partial charge in [0.2, 0.25) is 0 Å². The van der Waals surface area contributed by atoms with E-state index in [9.17, 15) is 29.4 Å². The molecule has 0 bridgehead atoms. The van der Waals surface area contributed by atoms with E-state index in [1.807, 2.05) is 24.3 Å². The van der Waals surface area contributed by atoms with Crippen molar-refractivity contribution >= 4 is 66.7 Å². The van der Waals surface area contributed by atoms with E-state index in [-0.39, 0.29) is 26.3 Å². The van der Waals surface area contributed by atoms with Crippen molar-refractivity contribution in [3.05, 3.63) is 70.8 Å². The lowest BCUT2D eigenvalue weighted by molar-refractivity contribution is 0.0147. The van der Waals surface area contributed by atoms with Crippen molar-refractivity contribution in [2.45, 2.75) is 25.7 Å². The van der Waals surface area contributed by atoms with E-state index in [1.54, 1.807) is 52.7 Å². The highest BCUT2D eigenvalue weighted by Gasteiger charge is 2.42. The first kappa shape index (κ1) is 37.7. The van der Waals surface area contributed by atoms with Crippen LogP contribution < -0.4 is 0 Å². The summed E-state index contributed by atoms with van der Waals surface area (Å²) in [5, 5.41) is 26.9. The lowest BCUT2D eigenvalue weighted by Gasteiger charge is -2.38. The van der Waals surface area contributed by atoms with Gasteiger partial charge in [-0.15, -0.1) is 0 Å². The van der Waals surface area contributed by atoms with Crippen LogP contribution in [0.3, 0.4) is 0 Å². The maximum atomic E-state index is 14.2. The second kappa shape index (κ2) is 14.9. The molecular weight excluding hydrogens is 692 g/mol. The molecule has 2 N–H and O–H groups in total. The molecule has 54 heavy (non-hydrogen) atoms. The Morgan fingerprint density at radius 1 is 0.444 bits per heavy atom. The number of benzene rings is 5. The molecule has 12 nitrogen and oxygen atoms in total. The van der Waals surface area contributed by atoms with Crippen LogP contribution in [0.25, 0.3) is 43.1 Å². The Bertz CT molecular complexity index is 1990. The van der Waals surface area contributed by atoms with Gasteiger partial charge in [-0.3, -0.25) is 29.0 Å². The molecule has 0 aliphatic carbocycles. The predicted molar refractivity (Wildman–Crippen MR) is 203 cm³/mol. The monoisotopic (exact) mass is 738 g/mol. The molecule has 0 fully saturated rings. The van der Waals surface area contributed by atoms with Crippen LogP contribution in [-0.2, 0) is 18.9 Å². The van der Waals surface area contributed by atoms with Crippen molar-refractivity contribution in [3.8, 4) is 0 Å². The average Bonchev–Trinajstić information content (AvgIpc) is 3.20. The minimum atomic E-state index is -0.813. The summed E-state index contributed by atoms with van der Waals surface area (Å²) in [7, 11) is 6.28. The summed E-state index contributed by atoms with van der Waals surface area (Å²) in [5.41, 5.74) is -0.0716. The third-order valence-electron chi connectivity index (χ3n) is 11.8. The van der Waals surface area contributed by atoms with Crippen LogP contribution in [0.1, 0.15) is 67.1 Å². The molecule has 2 aliphatic heterocycles. The topological polar surface area (TPSA) is 152 Å². The van der Waals surface area contributed by atoms with Crippen molar-refractivity contribution in [1.82, 2.24) is 9.80 Å². The summed E-state index contributed by atoms with van der Waals surface area (Å²) in [6, 6.07) is 14.5. The molecule has 2 aliphatic rings. The largest absolute Gasteiger partial charge is 0.396 e. The van der Waals surface area contributed by atoms with Crippen LogP contribution in [0, 0.1) is 10.8 Å². The molecule has 5 aromatic rings. The second-order valence-corrected chi connectivity index (χ2v) is 14.8. The first-order valence-corrected chi connectivity index (χ1v) is 18.2. The van der Waals surface area contributed by atoms with Gasteiger partial charge in [0.25, 0.3) is 23.6 Å². The molecule has 0 radical (unpaired) electrons. The van der Waals surface area contributed by atoms with E-state index in [2.05, 4.69) is 0 Å². The van der Waals surface area contributed by atoms with E-state index in [4.69, 9.17) is 18.9 Å². The number of rotatable bonds is 18. The van der Waals surface area contributed by atoms with Crippen molar-refractivity contribution in [2.75, 3.05) is 81.2 Å². The normalized spacial score (nSPS) is 15.0. The van der Waals surface area contributed by atoms with Gasteiger partial charge >= 0.3 is 0 Å². The van der Waals surface area contributed by atoms with Gasteiger partial charge in [0.05, 0.1) is 13.2 Å². The summed E-state index contributed by atoms with van der Waals surface area (Å²) in [4.78, 5) is 59.5. The van der Waals surface area contributed by atoms with Crippen molar-refractivity contribution in [1.29, 1.82) is 0 Å². The van der Waals surface area contributed by atoms with E-state index in [0.29, 0.717) is 85.1 Å². The lowest BCUT2D eigenvalue weighted by atomic mass is 9.79. The molecule has 0 spiro atoms. The SMILES string of the molecule is COCCC(CO)(CCOC)CN1C(=O)c2ccc3c4ccc5c6c(ccc(c7ccc(c2c37)C1=O)c64)C(=O)N(CC(CO)(CCOC)CCOC)C5=O. The molecule has 12 heteroatoms. The van der Waals surface area contributed by atoms with Crippen LogP contribution in [0.4, 0.5) is 0 Å². The van der Waals surface area contributed by atoms with Gasteiger partial charge in [-0.2, -0.15) is 0 Å². The van der Waals surface area contributed by atoms with E-state index < -0.39 is 34.5 Å². The first-order chi connectivity index (χ1) is 26.1. The molecule has 0 aromatic heterocycles. The highest BCUT2D eigenvalue weighted by molar-refractivity contribution is 6.41. The van der Waals surface area contributed by atoms with Gasteiger partial charge in [-0.25, -0.2) is 0 Å². The van der Waals surface area contributed by atoms with Crippen LogP contribution in [0.15, 0.2) is 48.5 Å². The zero-order valence-corrected chi connectivity index (χ0v) is 31.2. The second-order valence-electron chi connectivity index (χ2n) is 14.8. The quantitative estimate of drug-likeness (QED) is 0.0712. The summed E-state index contributed by atoms with van der Waals surface area (Å²) < 4.78 is 21.3. The maximum Gasteiger partial charge on any atom is 0.261 e. The first-order valence-electron chi connectivity index (χ1n) is 18.2. The van der Waals surface area contributed by atoms with Crippen molar-refractivity contribution in [3.63, 3.8) is 0 Å². The zero-order valence-electron chi connectivity index (χ0n) is 31.2. The zero-order chi connectivity index (χ0) is 38.4. The molecular formula is C42H46N2O10. The number of methoxy groups -OCH3 is 4. The molecule has 0 saturated carbocycles. The Hall–Kier alpha value is -4.56. The van der Waals surface area contributed by atoms with E-state index >= 15 is 0 Å². The van der Waals surface area contributed by atoms with Gasteiger partial charge in [-0.1, -0.05) is 24.3 Å². The van der Waals surface area contributed by atoms with Crippen molar-refractivity contribution < 1.29 is 48.3 Å². The number of hydrogen-bond acceptors (Lipinski definition) is 10. The predicted octanol–water partition coefficient (Wildman–Crippen LogP) is 5.03. The van der Waals surface area contributed by atoms with Gasteiger partial charge in [-0.05, 0) is 82.3 Å². The molecule has 0 saturated heterocycles. The maximum absolute atomic E-state index is 14.2. The molecule has 0 unspecified atom stereocenters. The number of carbonyl (C=O) groups is 4. The van der Waals surface area contributed by atoms with Crippen LogP contribution in [-0.4, -0.2) is 125 Å². The van der Waals surface area contributed by atoms with Crippen LogP contribution >= 0.6 is 0 Å². The Kier molecular flexibility index (Phi) is 10.4. The average molecular weight is 739 g/mol. The fourth-order valence-corrected chi connectivity index (χ4v) is 8.58. The van der Waals surface area contributed by atoms with Crippen LogP contribution in [0.2, 0.25) is 0 Å². The Morgan fingerprint density at radius 3 is 0.926 bits per heavy atom.